The van der Waals surface area contributed by atoms with Gasteiger partial charge in [0, 0.05) is 37.4 Å². The smallest absolute Gasteiger partial charge is 0.123 e. The summed E-state index contributed by atoms with van der Waals surface area (Å²) < 4.78 is 4.30. The SMILES string of the molecule is c1ccc(Cn2ccnc2CN2CCCC2Cn2cccn2)cc1. The maximum absolute atomic E-state index is 4.61. The summed E-state index contributed by atoms with van der Waals surface area (Å²) in [4.78, 5) is 7.15. The fraction of sp³-hybridized carbons (Fsp3) is 0.368. The van der Waals surface area contributed by atoms with Crippen LogP contribution in [-0.4, -0.2) is 36.8 Å². The molecule has 0 radical (unpaired) electrons. The Morgan fingerprint density at radius 2 is 1.92 bits per heavy atom. The maximum atomic E-state index is 4.61. The predicted molar refractivity (Wildman–Crippen MR) is 93.4 cm³/mol. The molecule has 5 heteroatoms. The van der Waals surface area contributed by atoms with Crippen LogP contribution in [0.5, 0.6) is 0 Å². The lowest BCUT2D eigenvalue weighted by molar-refractivity contribution is 0.212. The molecule has 1 aromatic carbocycles. The van der Waals surface area contributed by atoms with Gasteiger partial charge < -0.3 is 4.57 Å². The van der Waals surface area contributed by atoms with Gasteiger partial charge in [0.15, 0.2) is 0 Å². The van der Waals surface area contributed by atoms with E-state index in [9.17, 15) is 0 Å². The van der Waals surface area contributed by atoms with Crippen molar-refractivity contribution in [2.45, 2.75) is 38.5 Å². The number of hydrogen-bond donors (Lipinski definition) is 0. The Kier molecular flexibility index (Phi) is 4.42. The highest BCUT2D eigenvalue weighted by molar-refractivity contribution is 5.15. The number of hydrogen-bond acceptors (Lipinski definition) is 3. The first-order valence-electron chi connectivity index (χ1n) is 8.64. The highest BCUT2D eigenvalue weighted by Crippen LogP contribution is 2.21. The third-order valence-corrected chi connectivity index (χ3v) is 4.80. The van der Waals surface area contributed by atoms with Crippen LogP contribution >= 0.6 is 0 Å². The zero-order chi connectivity index (χ0) is 16.2. The van der Waals surface area contributed by atoms with Crippen molar-refractivity contribution >= 4 is 0 Å². The average Bonchev–Trinajstić information content (AvgIpc) is 3.34. The molecule has 1 atom stereocenters. The van der Waals surface area contributed by atoms with Crippen LogP contribution in [0, 0.1) is 0 Å². The van der Waals surface area contributed by atoms with Crippen LogP contribution in [0.1, 0.15) is 24.2 Å². The molecule has 1 aliphatic heterocycles. The van der Waals surface area contributed by atoms with Gasteiger partial charge in [-0.2, -0.15) is 5.10 Å². The molecule has 1 fully saturated rings. The lowest BCUT2D eigenvalue weighted by Crippen LogP contribution is -2.33. The molecule has 0 saturated carbocycles. The van der Waals surface area contributed by atoms with Crippen molar-refractivity contribution in [2.24, 2.45) is 0 Å². The second kappa shape index (κ2) is 7.01. The van der Waals surface area contributed by atoms with E-state index in [2.05, 4.69) is 56.1 Å². The Morgan fingerprint density at radius 3 is 2.75 bits per heavy atom. The van der Waals surface area contributed by atoms with E-state index in [4.69, 9.17) is 0 Å². The molecule has 0 bridgehead atoms. The van der Waals surface area contributed by atoms with Crippen LogP contribution < -0.4 is 0 Å². The van der Waals surface area contributed by atoms with Gasteiger partial charge in [-0.15, -0.1) is 0 Å². The fourth-order valence-corrected chi connectivity index (χ4v) is 3.53. The Labute approximate surface area is 142 Å². The quantitative estimate of drug-likeness (QED) is 0.701. The lowest BCUT2D eigenvalue weighted by Gasteiger charge is -2.24. The minimum Gasteiger partial charge on any atom is -0.329 e. The summed E-state index contributed by atoms with van der Waals surface area (Å²) in [6.07, 6.45) is 10.4. The highest BCUT2D eigenvalue weighted by atomic mass is 15.3. The summed E-state index contributed by atoms with van der Waals surface area (Å²) in [5.41, 5.74) is 1.31. The predicted octanol–water partition coefficient (Wildman–Crippen LogP) is 2.79. The second-order valence-electron chi connectivity index (χ2n) is 6.45. The van der Waals surface area contributed by atoms with Crippen LogP contribution in [0.2, 0.25) is 0 Å². The largest absolute Gasteiger partial charge is 0.329 e. The molecule has 3 heterocycles. The zero-order valence-corrected chi connectivity index (χ0v) is 13.8. The van der Waals surface area contributed by atoms with Gasteiger partial charge in [-0.05, 0) is 31.0 Å². The summed E-state index contributed by atoms with van der Waals surface area (Å²) in [5, 5.41) is 4.35. The molecule has 24 heavy (non-hydrogen) atoms. The summed E-state index contributed by atoms with van der Waals surface area (Å²) in [6.45, 7) is 3.90. The van der Waals surface area contributed by atoms with E-state index in [0.717, 1.165) is 32.0 Å². The molecular weight excluding hydrogens is 298 g/mol. The third kappa shape index (κ3) is 3.41. The minimum absolute atomic E-state index is 0.548. The monoisotopic (exact) mass is 321 g/mol. The Hall–Kier alpha value is -2.40. The second-order valence-corrected chi connectivity index (χ2v) is 6.45. The van der Waals surface area contributed by atoms with E-state index in [-0.39, 0.29) is 0 Å². The van der Waals surface area contributed by atoms with Gasteiger partial charge in [0.1, 0.15) is 5.82 Å². The van der Waals surface area contributed by atoms with Gasteiger partial charge in [0.05, 0.1) is 13.1 Å². The summed E-state index contributed by atoms with van der Waals surface area (Å²) in [5.74, 6) is 1.14. The van der Waals surface area contributed by atoms with Gasteiger partial charge in [-0.3, -0.25) is 9.58 Å². The normalized spacial score (nSPS) is 18.2. The highest BCUT2D eigenvalue weighted by Gasteiger charge is 2.26. The van der Waals surface area contributed by atoms with Crippen molar-refractivity contribution < 1.29 is 0 Å². The number of likely N-dealkylation sites (tertiary alicyclic amines) is 1. The first-order valence-corrected chi connectivity index (χ1v) is 8.64. The number of benzene rings is 1. The molecule has 2 aromatic heterocycles. The molecular formula is C19H23N5. The van der Waals surface area contributed by atoms with Crippen molar-refractivity contribution in [1.29, 1.82) is 0 Å². The van der Waals surface area contributed by atoms with Crippen LogP contribution in [0.25, 0.3) is 0 Å². The van der Waals surface area contributed by atoms with E-state index in [1.165, 1.54) is 18.4 Å². The molecule has 3 aromatic rings. The molecule has 1 unspecified atom stereocenters. The third-order valence-electron chi connectivity index (χ3n) is 4.80. The van der Waals surface area contributed by atoms with Crippen LogP contribution in [0.3, 0.4) is 0 Å². The Morgan fingerprint density at radius 1 is 1.00 bits per heavy atom. The van der Waals surface area contributed by atoms with Crippen molar-refractivity contribution in [3.63, 3.8) is 0 Å². The van der Waals surface area contributed by atoms with Crippen molar-refractivity contribution in [1.82, 2.24) is 24.2 Å². The fourth-order valence-electron chi connectivity index (χ4n) is 3.53. The number of aromatic nitrogens is 4. The molecule has 0 amide bonds. The first kappa shape index (κ1) is 15.1. The summed E-state index contributed by atoms with van der Waals surface area (Å²) in [7, 11) is 0. The van der Waals surface area contributed by atoms with E-state index in [1.807, 2.05) is 29.3 Å². The first-order chi connectivity index (χ1) is 11.9. The molecule has 0 aliphatic carbocycles. The van der Waals surface area contributed by atoms with Crippen LogP contribution in [-0.2, 0) is 19.6 Å². The van der Waals surface area contributed by atoms with Gasteiger partial charge in [-0.25, -0.2) is 4.98 Å². The van der Waals surface area contributed by atoms with Gasteiger partial charge in [0.2, 0.25) is 0 Å². The Balaban J connectivity index is 1.44. The van der Waals surface area contributed by atoms with Gasteiger partial charge >= 0.3 is 0 Å². The minimum atomic E-state index is 0.548. The summed E-state index contributed by atoms with van der Waals surface area (Å²) in [6, 6.07) is 13.1. The molecule has 5 nitrogen and oxygen atoms in total. The number of imidazole rings is 1. The standard InChI is InChI=1S/C19H23N5/c1-2-6-17(7-3-1)14-23-13-10-20-19(23)16-22-11-4-8-18(22)15-24-12-5-9-21-24/h1-3,5-7,9-10,12-13,18H,4,8,11,14-16H2. The summed E-state index contributed by atoms with van der Waals surface area (Å²) >= 11 is 0. The lowest BCUT2D eigenvalue weighted by atomic mass is 10.2. The van der Waals surface area contributed by atoms with Gasteiger partial charge in [0.25, 0.3) is 0 Å². The molecule has 0 N–H and O–H groups in total. The average molecular weight is 321 g/mol. The van der Waals surface area contributed by atoms with E-state index < -0.39 is 0 Å². The van der Waals surface area contributed by atoms with Crippen LogP contribution in [0.15, 0.2) is 61.2 Å². The van der Waals surface area contributed by atoms with Crippen molar-refractivity contribution in [2.75, 3.05) is 6.54 Å². The molecule has 0 spiro atoms. The molecule has 1 saturated heterocycles. The number of nitrogens with zero attached hydrogens (tertiary/aromatic N) is 5. The van der Waals surface area contributed by atoms with E-state index in [1.54, 1.807) is 0 Å². The zero-order valence-electron chi connectivity index (χ0n) is 13.8. The van der Waals surface area contributed by atoms with Gasteiger partial charge in [-0.1, -0.05) is 30.3 Å². The molecule has 124 valence electrons. The molecule has 1 aliphatic rings. The van der Waals surface area contributed by atoms with Crippen LogP contribution in [0.4, 0.5) is 0 Å². The van der Waals surface area contributed by atoms with Crippen molar-refractivity contribution in [3.8, 4) is 0 Å². The molecule has 4 rings (SSSR count). The Bertz CT molecular complexity index is 747. The number of rotatable bonds is 6. The van der Waals surface area contributed by atoms with Crippen molar-refractivity contribution in [3.05, 3.63) is 72.6 Å². The van der Waals surface area contributed by atoms with E-state index >= 15 is 0 Å². The topological polar surface area (TPSA) is 38.9 Å². The maximum Gasteiger partial charge on any atom is 0.123 e. The van der Waals surface area contributed by atoms with E-state index in [0.29, 0.717) is 6.04 Å².